The van der Waals surface area contributed by atoms with Crippen LogP contribution in [0, 0.1) is 76.9 Å². The highest BCUT2D eigenvalue weighted by Gasteiger charge is 2.06. The molecule has 0 heterocycles. The molecule has 0 bridgehead atoms. The van der Waals surface area contributed by atoms with Gasteiger partial charge >= 0.3 is 0 Å². The summed E-state index contributed by atoms with van der Waals surface area (Å²) in [5.74, 6) is 21.7. The van der Waals surface area contributed by atoms with Crippen molar-refractivity contribution in [2.45, 2.75) is 130 Å². The molecule has 0 spiro atoms. The molecule has 0 saturated heterocycles. The van der Waals surface area contributed by atoms with Gasteiger partial charge in [-0.05, 0) is 37.5 Å². The standard InChI is InChI=1S/C10H14.C8H18.C8H14.C7H15NO/c1-9(2)7-5-6-8-10(3)4;2*1-7(2)5-6-8(3)4;1-5(2)7(9)8-6(3)4/h9-10H,1-4H3;7-8H,5-6H2,1-4H3;7-8H,1-4H3;5-6H,1-4H3,(H,8,9). The normalized spacial score (nSPS) is 9.71. The van der Waals surface area contributed by atoms with Crippen molar-refractivity contribution in [3.05, 3.63) is 0 Å². The van der Waals surface area contributed by atoms with Crippen LogP contribution in [0.3, 0.4) is 0 Å². The number of hydrogen-bond donors (Lipinski definition) is 1. The maximum Gasteiger partial charge on any atom is 0.222 e. The number of nitrogens with one attached hydrogen (secondary N) is 1. The van der Waals surface area contributed by atoms with Crippen molar-refractivity contribution >= 4 is 5.91 Å². The van der Waals surface area contributed by atoms with E-state index in [1.165, 1.54) is 12.8 Å². The molecular weight excluding hydrogens is 426 g/mol. The first-order valence-electron chi connectivity index (χ1n) is 13.7. The smallest absolute Gasteiger partial charge is 0.222 e. The third-order valence-corrected chi connectivity index (χ3v) is 3.72. The third-order valence-electron chi connectivity index (χ3n) is 3.72. The topological polar surface area (TPSA) is 29.1 Å². The van der Waals surface area contributed by atoms with Crippen LogP contribution in [0.5, 0.6) is 0 Å². The van der Waals surface area contributed by atoms with Gasteiger partial charge in [0, 0.05) is 35.6 Å². The number of carbonyl (C=O) groups is 1. The predicted octanol–water partition coefficient (Wildman–Crippen LogP) is 8.85. The van der Waals surface area contributed by atoms with Crippen LogP contribution in [0.1, 0.15) is 124 Å². The molecule has 0 aliphatic carbocycles. The predicted molar refractivity (Wildman–Crippen MR) is 160 cm³/mol. The molecule has 0 aromatic carbocycles. The summed E-state index contributed by atoms with van der Waals surface area (Å²) in [4.78, 5) is 10.8. The second-order valence-corrected chi connectivity index (χ2v) is 11.6. The lowest BCUT2D eigenvalue weighted by Gasteiger charge is -2.09. The van der Waals surface area contributed by atoms with Crippen molar-refractivity contribution in [3.63, 3.8) is 0 Å². The van der Waals surface area contributed by atoms with E-state index in [1.807, 2.05) is 27.7 Å². The Labute approximate surface area is 222 Å². The lowest BCUT2D eigenvalue weighted by atomic mass is 10.0. The number of carbonyl (C=O) groups excluding carboxylic acids is 1. The molecular formula is C33H61NO. The molecule has 35 heavy (non-hydrogen) atoms. The van der Waals surface area contributed by atoms with E-state index >= 15 is 0 Å². The van der Waals surface area contributed by atoms with Crippen LogP contribution in [-0.2, 0) is 4.79 Å². The van der Waals surface area contributed by atoms with Crippen LogP contribution in [0.15, 0.2) is 0 Å². The van der Waals surface area contributed by atoms with E-state index in [2.05, 4.69) is 124 Å². The molecule has 0 aromatic heterocycles. The summed E-state index contributed by atoms with van der Waals surface area (Å²) in [6, 6.07) is 0.264. The average Bonchev–Trinajstić information content (AvgIpc) is 2.69. The summed E-state index contributed by atoms with van der Waals surface area (Å²) < 4.78 is 0. The van der Waals surface area contributed by atoms with Gasteiger partial charge in [0.1, 0.15) is 0 Å². The number of rotatable bonds is 5. The zero-order valence-corrected chi connectivity index (χ0v) is 26.4. The van der Waals surface area contributed by atoms with E-state index in [9.17, 15) is 4.79 Å². The fraction of sp³-hybridized carbons (Fsp3) is 0.788. The second-order valence-electron chi connectivity index (χ2n) is 11.6. The van der Waals surface area contributed by atoms with Crippen molar-refractivity contribution in [2.75, 3.05) is 0 Å². The molecule has 1 N–H and O–H groups in total. The summed E-state index contributed by atoms with van der Waals surface area (Å²) in [7, 11) is 0. The first kappa shape index (κ1) is 40.3. The zero-order valence-electron chi connectivity index (χ0n) is 26.4. The minimum atomic E-state index is 0.104. The van der Waals surface area contributed by atoms with Gasteiger partial charge in [-0.25, -0.2) is 0 Å². The molecule has 0 atom stereocenters. The molecule has 0 aliphatic rings. The average molecular weight is 488 g/mol. The monoisotopic (exact) mass is 487 g/mol. The molecule has 0 unspecified atom stereocenters. The summed E-state index contributed by atoms with van der Waals surface area (Å²) in [5.41, 5.74) is 0. The fourth-order valence-corrected chi connectivity index (χ4v) is 1.81. The molecule has 204 valence electrons. The van der Waals surface area contributed by atoms with Gasteiger partial charge in [0.25, 0.3) is 0 Å². The Morgan fingerprint density at radius 3 is 0.943 bits per heavy atom. The molecule has 0 aliphatic heterocycles. The van der Waals surface area contributed by atoms with Crippen molar-refractivity contribution < 1.29 is 4.79 Å². The minimum absolute atomic E-state index is 0.104. The van der Waals surface area contributed by atoms with Crippen LogP contribution in [0.4, 0.5) is 0 Å². The number of hydrogen-bond acceptors (Lipinski definition) is 1. The second kappa shape index (κ2) is 26.7. The Morgan fingerprint density at radius 2 is 0.800 bits per heavy atom. The number of amides is 1. The van der Waals surface area contributed by atoms with Crippen molar-refractivity contribution in [2.24, 2.45) is 41.4 Å². The van der Waals surface area contributed by atoms with Gasteiger partial charge in [-0.15, -0.1) is 11.8 Å². The Hall–Kier alpha value is -1.85. The summed E-state index contributed by atoms with van der Waals surface area (Å²) in [6.45, 7) is 33.5. The molecule has 1 amide bonds. The van der Waals surface area contributed by atoms with Gasteiger partial charge in [0.05, 0.1) is 0 Å². The van der Waals surface area contributed by atoms with Crippen LogP contribution >= 0.6 is 0 Å². The van der Waals surface area contributed by atoms with E-state index in [4.69, 9.17) is 0 Å². The van der Waals surface area contributed by atoms with E-state index in [0.717, 1.165) is 11.8 Å². The Morgan fingerprint density at radius 1 is 0.514 bits per heavy atom. The quantitative estimate of drug-likeness (QED) is 0.385. The molecule has 0 radical (unpaired) electrons. The minimum Gasteiger partial charge on any atom is -0.354 e. The Bertz CT molecular complexity index is 615. The highest BCUT2D eigenvalue weighted by molar-refractivity contribution is 5.78. The molecule has 2 nitrogen and oxygen atoms in total. The Kier molecular flexibility index (Phi) is 30.8. The van der Waals surface area contributed by atoms with Crippen molar-refractivity contribution in [1.82, 2.24) is 5.32 Å². The highest BCUT2D eigenvalue weighted by atomic mass is 16.1. The van der Waals surface area contributed by atoms with Gasteiger partial charge in [-0.1, -0.05) is 122 Å². The summed E-state index contributed by atoms with van der Waals surface area (Å²) in [6.07, 6.45) is 2.77. The third kappa shape index (κ3) is 54.5. The first-order valence-corrected chi connectivity index (χ1v) is 13.7. The van der Waals surface area contributed by atoms with Gasteiger partial charge in [-0.3, -0.25) is 4.79 Å². The molecule has 0 aromatic rings. The zero-order chi connectivity index (χ0) is 28.6. The molecule has 2 heteroatoms. The van der Waals surface area contributed by atoms with E-state index in [-0.39, 0.29) is 17.9 Å². The van der Waals surface area contributed by atoms with Gasteiger partial charge < -0.3 is 5.32 Å². The van der Waals surface area contributed by atoms with E-state index < -0.39 is 0 Å². The van der Waals surface area contributed by atoms with Crippen LogP contribution in [0.25, 0.3) is 0 Å². The molecule has 0 saturated carbocycles. The highest BCUT2D eigenvalue weighted by Crippen LogP contribution is 2.09. The Balaban J connectivity index is -0.000000184. The molecule has 0 rings (SSSR count). The molecule has 0 fully saturated rings. The van der Waals surface area contributed by atoms with Crippen LogP contribution < -0.4 is 5.32 Å². The lowest BCUT2D eigenvalue weighted by molar-refractivity contribution is -0.124. The fourth-order valence-electron chi connectivity index (χ4n) is 1.81. The van der Waals surface area contributed by atoms with Gasteiger partial charge in [-0.2, -0.15) is 0 Å². The maximum atomic E-state index is 10.8. The maximum absolute atomic E-state index is 10.8. The van der Waals surface area contributed by atoms with Crippen molar-refractivity contribution in [3.8, 4) is 35.5 Å². The van der Waals surface area contributed by atoms with Crippen LogP contribution in [0.2, 0.25) is 0 Å². The first-order chi connectivity index (χ1) is 15.9. The van der Waals surface area contributed by atoms with Crippen molar-refractivity contribution in [1.29, 1.82) is 0 Å². The van der Waals surface area contributed by atoms with Crippen LogP contribution in [-0.4, -0.2) is 11.9 Å². The van der Waals surface area contributed by atoms with E-state index in [0.29, 0.717) is 23.7 Å². The largest absolute Gasteiger partial charge is 0.354 e. The lowest BCUT2D eigenvalue weighted by Crippen LogP contribution is -2.33. The van der Waals surface area contributed by atoms with E-state index in [1.54, 1.807) is 0 Å². The van der Waals surface area contributed by atoms with Gasteiger partial charge in [0.15, 0.2) is 0 Å². The summed E-state index contributed by atoms with van der Waals surface area (Å²) >= 11 is 0. The SMILES string of the molecule is CC(C)C#CC#CC(C)C.CC(C)C#CC(C)C.CC(C)CCC(C)C.CC(C)NC(=O)C(C)C. The summed E-state index contributed by atoms with van der Waals surface area (Å²) in [5, 5.41) is 2.80. The van der Waals surface area contributed by atoms with Gasteiger partial charge in [0.2, 0.25) is 5.91 Å².